The molecule has 16 heavy (non-hydrogen) atoms. The molecule has 0 aromatic carbocycles. The largest absolute Gasteiger partial charge is 0.591 e. The third-order valence-electron chi connectivity index (χ3n) is 1.83. The molecule has 0 spiro atoms. The average molecular weight is 254 g/mol. The van der Waals surface area contributed by atoms with Crippen molar-refractivity contribution in [2.24, 2.45) is 4.40 Å². The molecule has 0 radical (unpaired) electrons. The van der Waals surface area contributed by atoms with Crippen LogP contribution in [0.1, 0.15) is 38.1 Å². The highest BCUT2D eigenvalue weighted by Gasteiger charge is 2.26. The first-order valence-electron chi connectivity index (χ1n) is 4.81. The van der Waals surface area contributed by atoms with E-state index in [4.69, 9.17) is 5.26 Å². The van der Waals surface area contributed by atoms with Crippen LogP contribution in [0, 0.1) is 11.3 Å². The van der Waals surface area contributed by atoms with E-state index in [1.807, 2.05) is 27.7 Å². The van der Waals surface area contributed by atoms with Crippen LogP contribution in [0.4, 0.5) is 0 Å². The van der Waals surface area contributed by atoms with E-state index < -0.39 is 11.4 Å². The third-order valence-corrected chi connectivity index (χ3v) is 4.36. The quantitative estimate of drug-likeness (QED) is 0.602. The van der Waals surface area contributed by atoms with Crippen molar-refractivity contribution in [3.05, 3.63) is 21.9 Å². The van der Waals surface area contributed by atoms with Crippen molar-refractivity contribution in [1.29, 1.82) is 5.26 Å². The topological polar surface area (TPSA) is 59.2 Å². The van der Waals surface area contributed by atoms with E-state index in [2.05, 4.69) is 10.5 Å². The Bertz CT molecular complexity index is 438. The zero-order valence-corrected chi connectivity index (χ0v) is 11.4. The smallest absolute Gasteiger partial charge is 0.144 e. The lowest BCUT2D eigenvalue weighted by molar-refractivity contribution is 0.561. The van der Waals surface area contributed by atoms with Crippen LogP contribution in [0.3, 0.4) is 0 Å². The number of thiophene rings is 1. The maximum Gasteiger partial charge on any atom is 0.144 e. The zero-order valence-electron chi connectivity index (χ0n) is 9.77. The first-order valence-corrected chi connectivity index (χ1v) is 6.79. The Morgan fingerprint density at radius 3 is 2.62 bits per heavy atom. The number of hydrogen-bond acceptors (Lipinski definition) is 4. The second-order valence-electron chi connectivity index (χ2n) is 4.35. The number of hydrogen-bond donors (Lipinski definition) is 0. The standard InChI is InChI=1S/C11H14N2OS2/c1-8(13-16(14)11(2,3)4)10-5-9(6-12)7-15-10/h5,7H,1-4H3/b13-8+/t16-/m1/s1. The van der Waals surface area contributed by atoms with Crippen molar-refractivity contribution in [2.45, 2.75) is 32.4 Å². The van der Waals surface area contributed by atoms with Crippen LogP contribution in [0.5, 0.6) is 0 Å². The SMILES string of the molecule is C/C(=N\[S@+]([O-])C(C)(C)C)c1cc(C#N)cs1. The third kappa shape index (κ3) is 3.34. The second kappa shape index (κ2) is 5.00. The lowest BCUT2D eigenvalue weighted by atomic mass is 10.3. The summed E-state index contributed by atoms with van der Waals surface area (Å²) >= 11 is 0.198. The van der Waals surface area contributed by atoms with E-state index in [1.165, 1.54) is 11.3 Å². The molecule has 1 aromatic heterocycles. The average Bonchev–Trinajstić information content (AvgIpc) is 2.64. The van der Waals surface area contributed by atoms with E-state index in [0.717, 1.165) is 10.6 Å². The lowest BCUT2D eigenvalue weighted by Gasteiger charge is -2.18. The maximum absolute atomic E-state index is 11.8. The van der Waals surface area contributed by atoms with Crippen molar-refractivity contribution < 1.29 is 4.55 Å². The van der Waals surface area contributed by atoms with Gasteiger partial charge in [0.25, 0.3) is 0 Å². The first-order chi connectivity index (χ1) is 7.34. The van der Waals surface area contributed by atoms with E-state index in [9.17, 15) is 4.55 Å². The van der Waals surface area contributed by atoms with Crippen LogP contribution in [0.25, 0.3) is 0 Å². The second-order valence-corrected chi connectivity index (χ2v) is 7.17. The van der Waals surface area contributed by atoms with Crippen molar-refractivity contribution in [2.75, 3.05) is 0 Å². The molecule has 1 atom stereocenters. The van der Waals surface area contributed by atoms with Crippen molar-refractivity contribution in [1.82, 2.24) is 0 Å². The van der Waals surface area contributed by atoms with Gasteiger partial charge in [-0.2, -0.15) is 5.26 Å². The van der Waals surface area contributed by atoms with E-state index in [-0.39, 0.29) is 4.75 Å². The van der Waals surface area contributed by atoms with Crippen molar-refractivity contribution in [3.8, 4) is 6.07 Å². The number of nitrogens with zero attached hydrogens (tertiary/aromatic N) is 2. The van der Waals surface area contributed by atoms with Crippen molar-refractivity contribution >= 4 is 28.4 Å². The minimum absolute atomic E-state index is 0.351. The van der Waals surface area contributed by atoms with Gasteiger partial charge in [0, 0.05) is 5.38 Å². The molecule has 1 heterocycles. The number of rotatable bonds is 2. The molecule has 0 bridgehead atoms. The van der Waals surface area contributed by atoms with Crippen molar-refractivity contribution in [3.63, 3.8) is 0 Å². The Hall–Kier alpha value is -0.830. The normalized spacial score (nSPS) is 14.6. The van der Waals surface area contributed by atoms with E-state index in [0.29, 0.717) is 5.56 Å². The van der Waals surface area contributed by atoms with Gasteiger partial charge in [0.15, 0.2) is 0 Å². The molecule has 5 heteroatoms. The molecule has 0 saturated heterocycles. The van der Waals surface area contributed by atoms with Gasteiger partial charge in [-0.15, -0.1) is 11.3 Å². The summed E-state index contributed by atoms with van der Waals surface area (Å²) in [5, 5.41) is 10.5. The van der Waals surface area contributed by atoms with Gasteiger partial charge in [-0.05, 0) is 33.8 Å². The fraction of sp³-hybridized carbons (Fsp3) is 0.455. The Balaban J connectivity index is 2.90. The zero-order chi connectivity index (χ0) is 12.3. The molecule has 86 valence electrons. The summed E-state index contributed by atoms with van der Waals surface area (Å²) in [7, 11) is 0. The summed E-state index contributed by atoms with van der Waals surface area (Å²) in [6.45, 7) is 7.47. The van der Waals surface area contributed by atoms with Gasteiger partial charge < -0.3 is 4.55 Å². The van der Waals surface area contributed by atoms with Crippen LogP contribution >= 0.6 is 11.3 Å². The monoisotopic (exact) mass is 254 g/mol. The minimum Gasteiger partial charge on any atom is -0.591 e. The summed E-state index contributed by atoms with van der Waals surface area (Å²) in [5.74, 6) is 0. The van der Waals surface area contributed by atoms with Gasteiger partial charge in [-0.1, -0.05) is 4.40 Å². The molecule has 3 nitrogen and oxygen atoms in total. The molecule has 0 amide bonds. The molecule has 0 saturated carbocycles. The Kier molecular flexibility index (Phi) is 4.14. The first kappa shape index (κ1) is 13.2. The Labute approximate surface area is 103 Å². The summed E-state index contributed by atoms with van der Waals surface area (Å²) in [6, 6.07) is 3.83. The predicted molar refractivity (Wildman–Crippen MR) is 69.1 cm³/mol. The Morgan fingerprint density at radius 2 is 2.19 bits per heavy atom. The molecule has 0 N–H and O–H groups in total. The molecule has 0 aliphatic heterocycles. The van der Waals surface area contributed by atoms with Gasteiger partial charge in [-0.3, -0.25) is 0 Å². The minimum atomic E-state index is -1.25. The summed E-state index contributed by atoms with van der Waals surface area (Å²) in [6.07, 6.45) is 0. The van der Waals surface area contributed by atoms with Crippen LogP contribution in [-0.4, -0.2) is 15.0 Å². The molecule has 1 rings (SSSR count). The maximum atomic E-state index is 11.8. The summed E-state index contributed by atoms with van der Waals surface area (Å²) < 4.78 is 15.6. The van der Waals surface area contributed by atoms with E-state index >= 15 is 0 Å². The molecule has 0 fully saturated rings. The number of nitriles is 1. The molecule has 1 aromatic rings. The fourth-order valence-corrected chi connectivity index (χ4v) is 2.36. The van der Waals surface area contributed by atoms with E-state index in [1.54, 1.807) is 11.4 Å². The molecular weight excluding hydrogens is 240 g/mol. The van der Waals surface area contributed by atoms with Gasteiger partial charge in [-0.25, -0.2) is 0 Å². The highest BCUT2D eigenvalue weighted by atomic mass is 32.2. The Morgan fingerprint density at radius 1 is 1.56 bits per heavy atom. The van der Waals surface area contributed by atoms with Gasteiger partial charge in [0.2, 0.25) is 0 Å². The van der Waals surface area contributed by atoms with Crippen LogP contribution < -0.4 is 0 Å². The van der Waals surface area contributed by atoms with Crippen LogP contribution in [0.15, 0.2) is 15.8 Å². The molecule has 0 aliphatic carbocycles. The highest BCUT2D eigenvalue weighted by molar-refractivity contribution is 7.91. The van der Waals surface area contributed by atoms with Crippen LogP contribution in [0.2, 0.25) is 0 Å². The predicted octanol–water partition coefficient (Wildman–Crippen LogP) is 2.89. The lowest BCUT2D eigenvalue weighted by Crippen LogP contribution is -2.26. The fourth-order valence-electron chi connectivity index (χ4n) is 0.891. The summed E-state index contributed by atoms with van der Waals surface area (Å²) in [5.41, 5.74) is 1.34. The van der Waals surface area contributed by atoms with Gasteiger partial charge in [0.1, 0.15) is 27.9 Å². The molecular formula is C11H14N2OS2. The summed E-state index contributed by atoms with van der Waals surface area (Å²) in [4.78, 5) is 0.897. The van der Waals surface area contributed by atoms with Gasteiger partial charge in [0.05, 0.1) is 10.4 Å². The molecule has 0 aliphatic rings. The highest BCUT2D eigenvalue weighted by Crippen LogP contribution is 2.20. The van der Waals surface area contributed by atoms with Gasteiger partial charge >= 0.3 is 0 Å². The van der Waals surface area contributed by atoms with Crippen LogP contribution in [-0.2, 0) is 11.4 Å². The molecule has 0 unspecified atom stereocenters.